The summed E-state index contributed by atoms with van der Waals surface area (Å²) in [5, 5.41) is 3.98. The Balaban J connectivity index is 2.18. The van der Waals surface area contributed by atoms with Gasteiger partial charge in [0.05, 0.1) is 5.56 Å². The zero-order chi connectivity index (χ0) is 14.0. The fraction of sp³-hybridized carbons (Fsp3) is 0.0909. The molecule has 3 N–H and O–H groups in total. The Labute approximate surface area is 110 Å². The molecular formula is C11H8F3N3OS. The summed E-state index contributed by atoms with van der Waals surface area (Å²) in [5.74, 6) is -0.604. The number of nitrogens with one attached hydrogen (secondary N) is 1. The number of anilines is 2. The molecule has 0 bridgehead atoms. The fourth-order valence-corrected chi connectivity index (χ4v) is 1.90. The van der Waals surface area contributed by atoms with Crippen LogP contribution in [0.3, 0.4) is 0 Å². The van der Waals surface area contributed by atoms with Gasteiger partial charge in [0.15, 0.2) is 5.13 Å². The van der Waals surface area contributed by atoms with E-state index in [0.29, 0.717) is 0 Å². The number of nitrogens with zero attached hydrogens (tertiary/aromatic N) is 1. The summed E-state index contributed by atoms with van der Waals surface area (Å²) in [5.41, 5.74) is 4.66. The number of hydrogen-bond donors (Lipinski definition) is 2. The van der Waals surface area contributed by atoms with Crippen LogP contribution in [-0.2, 0) is 6.18 Å². The molecule has 0 aliphatic carbocycles. The van der Waals surface area contributed by atoms with Crippen molar-refractivity contribution in [1.29, 1.82) is 0 Å². The lowest BCUT2D eigenvalue weighted by atomic mass is 10.2. The number of rotatable bonds is 2. The van der Waals surface area contributed by atoms with E-state index in [9.17, 15) is 18.0 Å². The number of carbonyl (C=O) groups excluding carboxylic acids is 1. The molecule has 0 radical (unpaired) electrons. The van der Waals surface area contributed by atoms with Crippen molar-refractivity contribution in [3.63, 3.8) is 0 Å². The lowest BCUT2D eigenvalue weighted by Crippen LogP contribution is -2.13. The molecule has 1 heterocycles. The second-order valence-corrected chi connectivity index (χ2v) is 4.49. The predicted octanol–water partition coefficient (Wildman–Crippen LogP) is 3.00. The van der Waals surface area contributed by atoms with Gasteiger partial charge in [-0.25, -0.2) is 4.98 Å². The van der Waals surface area contributed by atoms with Gasteiger partial charge in [-0.3, -0.25) is 4.79 Å². The van der Waals surface area contributed by atoms with Gasteiger partial charge in [0.2, 0.25) is 0 Å². The van der Waals surface area contributed by atoms with E-state index < -0.39 is 17.6 Å². The molecular weight excluding hydrogens is 279 g/mol. The molecule has 19 heavy (non-hydrogen) atoms. The van der Waals surface area contributed by atoms with Crippen LogP contribution in [0.5, 0.6) is 0 Å². The highest BCUT2D eigenvalue weighted by Crippen LogP contribution is 2.30. The first-order valence-corrected chi connectivity index (χ1v) is 5.94. The quantitative estimate of drug-likeness (QED) is 0.892. The summed E-state index contributed by atoms with van der Waals surface area (Å²) < 4.78 is 37.5. The number of benzene rings is 1. The van der Waals surface area contributed by atoms with Crippen LogP contribution in [0.4, 0.5) is 24.0 Å². The summed E-state index contributed by atoms with van der Waals surface area (Å²) in [7, 11) is 0. The SMILES string of the molecule is Nc1nc(C(=O)Nc2cccc(C(F)(F)F)c2)cs1. The molecule has 100 valence electrons. The van der Waals surface area contributed by atoms with Gasteiger partial charge in [-0.2, -0.15) is 13.2 Å². The van der Waals surface area contributed by atoms with E-state index in [1.54, 1.807) is 0 Å². The Kier molecular flexibility index (Phi) is 3.43. The molecule has 0 aliphatic rings. The molecule has 0 atom stereocenters. The number of amides is 1. The molecule has 0 fully saturated rings. The second kappa shape index (κ2) is 4.88. The topological polar surface area (TPSA) is 68.0 Å². The number of halogens is 3. The third kappa shape index (κ3) is 3.22. The van der Waals surface area contributed by atoms with E-state index in [-0.39, 0.29) is 16.5 Å². The number of thiazole rings is 1. The maximum atomic E-state index is 12.5. The van der Waals surface area contributed by atoms with E-state index in [4.69, 9.17) is 5.73 Å². The molecule has 1 aromatic carbocycles. The van der Waals surface area contributed by atoms with E-state index in [2.05, 4.69) is 10.3 Å². The number of nitrogen functional groups attached to an aromatic ring is 1. The van der Waals surface area contributed by atoms with Crippen molar-refractivity contribution in [2.24, 2.45) is 0 Å². The summed E-state index contributed by atoms with van der Waals surface area (Å²) in [4.78, 5) is 15.4. The highest BCUT2D eigenvalue weighted by atomic mass is 32.1. The monoisotopic (exact) mass is 287 g/mol. The first-order chi connectivity index (χ1) is 8.86. The molecule has 1 amide bonds. The minimum Gasteiger partial charge on any atom is -0.375 e. The Hall–Kier alpha value is -2.09. The van der Waals surface area contributed by atoms with Crippen molar-refractivity contribution in [2.75, 3.05) is 11.1 Å². The van der Waals surface area contributed by atoms with Crippen LogP contribution in [0, 0.1) is 0 Å². The summed E-state index contributed by atoms with van der Waals surface area (Å²) in [6.07, 6.45) is -4.45. The van der Waals surface area contributed by atoms with E-state index >= 15 is 0 Å². The van der Waals surface area contributed by atoms with Gasteiger partial charge in [-0.05, 0) is 18.2 Å². The summed E-state index contributed by atoms with van der Waals surface area (Å²) in [6.45, 7) is 0. The molecule has 2 aromatic rings. The zero-order valence-corrected chi connectivity index (χ0v) is 10.2. The highest BCUT2D eigenvalue weighted by molar-refractivity contribution is 7.13. The van der Waals surface area contributed by atoms with Gasteiger partial charge in [-0.15, -0.1) is 11.3 Å². The molecule has 0 aliphatic heterocycles. The van der Waals surface area contributed by atoms with E-state index in [1.165, 1.54) is 17.5 Å². The first-order valence-electron chi connectivity index (χ1n) is 5.06. The van der Waals surface area contributed by atoms with Crippen LogP contribution >= 0.6 is 11.3 Å². The van der Waals surface area contributed by atoms with Crippen molar-refractivity contribution >= 4 is 28.1 Å². The third-order valence-corrected chi connectivity index (χ3v) is 2.88. The number of alkyl halides is 3. The average molecular weight is 287 g/mol. The third-order valence-electron chi connectivity index (χ3n) is 2.20. The van der Waals surface area contributed by atoms with Gasteiger partial charge in [0.25, 0.3) is 5.91 Å². The van der Waals surface area contributed by atoms with Crippen LogP contribution in [-0.4, -0.2) is 10.9 Å². The number of aromatic nitrogens is 1. The van der Waals surface area contributed by atoms with Crippen molar-refractivity contribution in [3.05, 3.63) is 40.9 Å². The predicted molar refractivity (Wildman–Crippen MR) is 65.9 cm³/mol. The lowest BCUT2D eigenvalue weighted by molar-refractivity contribution is -0.137. The minimum atomic E-state index is -4.45. The molecule has 4 nitrogen and oxygen atoms in total. The molecule has 1 aromatic heterocycles. The van der Waals surface area contributed by atoms with Crippen molar-refractivity contribution in [2.45, 2.75) is 6.18 Å². The zero-order valence-electron chi connectivity index (χ0n) is 9.36. The number of nitrogens with two attached hydrogens (primary N) is 1. The smallest absolute Gasteiger partial charge is 0.375 e. The van der Waals surface area contributed by atoms with E-state index in [1.807, 2.05) is 0 Å². The van der Waals surface area contributed by atoms with Gasteiger partial charge in [-0.1, -0.05) is 6.07 Å². The highest BCUT2D eigenvalue weighted by Gasteiger charge is 2.30. The van der Waals surface area contributed by atoms with Crippen LogP contribution in [0.2, 0.25) is 0 Å². The fourth-order valence-electron chi connectivity index (χ4n) is 1.36. The molecule has 8 heteroatoms. The first kappa shape index (κ1) is 13.3. The molecule has 2 rings (SSSR count). The second-order valence-electron chi connectivity index (χ2n) is 3.60. The van der Waals surface area contributed by atoms with E-state index in [0.717, 1.165) is 23.5 Å². The Morgan fingerprint density at radius 3 is 2.68 bits per heavy atom. The van der Waals surface area contributed by atoms with Crippen LogP contribution < -0.4 is 11.1 Å². The number of hydrogen-bond acceptors (Lipinski definition) is 4. The normalized spacial score (nSPS) is 11.3. The minimum absolute atomic E-state index is 0.0476. The maximum Gasteiger partial charge on any atom is 0.416 e. The lowest BCUT2D eigenvalue weighted by Gasteiger charge is -2.09. The van der Waals surface area contributed by atoms with Crippen molar-refractivity contribution in [1.82, 2.24) is 4.98 Å². The Bertz CT molecular complexity index is 609. The molecule has 0 unspecified atom stereocenters. The van der Waals surface area contributed by atoms with Crippen LogP contribution in [0.1, 0.15) is 16.1 Å². The summed E-state index contributed by atoms with van der Waals surface area (Å²) in [6, 6.07) is 4.36. The maximum absolute atomic E-state index is 12.5. The molecule has 0 spiro atoms. The number of carbonyl (C=O) groups is 1. The van der Waals surface area contributed by atoms with Gasteiger partial charge in [0.1, 0.15) is 5.69 Å². The van der Waals surface area contributed by atoms with Crippen molar-refractivity contribution in [3.8, 4) is 0 Å². The summed E-state index contributed by atoms with van der Waals surface area (Å²) >= 11 is 1.08. The average Bonchev–Trinajstić information content (AvgIpc) is 2.75. The van der Waals surface area contributed by atoms with Crippen LogP contribution in [0.25, 0.3) is 0 Å². The van der Waals surface area contributed by atoms with Gasteiger partial charge < -0.3 is 11.1 Å². The standard InChI is InChI=1S/C11H8F3N3OS/c12-11(13,14)6-2-1-3-7(4-6)16-9(18)8-5-19-10(15)17-8/h1-5H,(H2,15,17)(H,16,18). The largest absolute Gasteiger partial charge is 0.416 e. The Morgan fingerprint density at radius 2 is 2.11 bits per heavy atom. The van der Waals surface area contributed by atoms with Crippen molar-refractivity contribution < 1.29 is 18.0 Å². The molecule has 0 saturated heterocycles. The Morgan fingerprint density at radius 1 is 1.37 bits per heavy atom. The van der Waals surface area contributed by atoms with Gasteiger partial charge in [0, 0.05) is 11.1 Å². The molecule has 0 saturated carbocycles. The van der Waals surface area contributed by atoms with Crippen LogP contribution in [0.15, 0.2) is 29.6 Å². The van der Waals surface area contributed by atoms with Gasteiger partial charge >= 0.3 is 6.18 Å².